The van der Waals surface area contributed by atoms with Crippen molar-refractivity contribution in [2.24, 2.45) is 0 Å². The summed E-state index contributed by atoms with van der Waals surface area (Å²) >= 11 is 0. The van der Waals surface area contributed by atoms with E-state index in [9.17, 15) is 18.0 Å². The second-order valence-corrected chi connectivity index (χ2v) is 3.46. The van der Waals surface area contributed by atoms with Gasteiger partial charge in [0.15, 0.2) is 0 Å². The molecule has 7 heteroatoms. The van der Waals surface area contributed by atoms with Crippen molar-refractivity contribution >= 4 is 6.09 Å². The van der Waals surface area contributed by atoms with E-state index in [1.807, 2.05) is 0 Å². The van der Waals surface area contributed by atoms with Crippen LogP contribution in [0, 0.1) is 0 Å². The van der Waals surface area contributed by atoms with Crippen LogP contribution in [0.1, 0.15) is 12.0 Å². The van der Waals surface area contributed by atoms with Crippen LogP contribution in [-0.4, -0.2) is 24.4 Å². The largest absolute Gasteiger partial charge is 0.494 e. The number of carboxylic acid groups (broad SMARTS) is 1. The molecule has 0 unspecified atom stereocenters. The molecule has 0 aliphatic heterocycles. The van der Waals surface area contributed by atoms with Gasteiger partial charge in [0.05, 0.1) is 12.2 Å². The van der Waals surface area contributed by atoms with E-state index in [1.54, 1.807) is 0 Å². The Morgan fingerprint density at radius 2 is 2.11 bits per heavy atom. The summed E-state index contributed by atoms with van der Waals surface area (Å²) in [6.07, 6.45) is -5.17. The monoisotopic (exact) mass is 263 g/mol. The molecule has 0 fully saturated rings. The van der Waals surface area contributed by atoms with Gasteiger partial charge in [-0.1, -0.05) is 6.07 Å². The second kappa shape index (κ2) is 6.13. The highest BCUT2D eigenvalue weighted by Gasteiger charge is 2.30. The molecule has 1 amide bonds. The van der Waals surface area contributed by atoms with E-state index in [-0.39, 0.29) is 18.9 Å². The van der Waals surface area contributed by atoms with Gasteiger partial charge in [-0.2, -0.15) is 13.2 Å². The molecule has 1 rings (SSSR count). The standard InChI is InChI=1S/C11H12F3NO3/c12-11(13,14)8-3-1-4-9(7-8)18-6-2-5-15-10(16)17/h1,3-4,7,15H,2,5-6H2,(H,16,17). The number of amides is 1. The van der Waals surface area contributed by atoms with Crippen LogP contribution in [-0.2, 0) is 6.18 Å². The molecule has 0 aliphatic carbocycles. The zero-order valence-electron chi connectivity index (χ0n) is 9.33. The highest BCUT2D eigenvalue weighted by atomic mass is 19.4. The zero-order chi connectivity index (χ0) is 13.6. The van der Waals surface area contributed by atoms with Gasteiger partial charge in [0.2, 0.25) is 0 Å². The second-order valence-electron chi connectivity index (χ2n) is 3.46. The van der Waals surface area contributed by atoms with Crippen LogP contribution in [0.5, 0.6) is 5.75 Å². The van der Waals surface area contributed by atoms with Crippen molar-refractivity contribution in [1.29, 1.82) is 0 Å². The molecular formula is C11H12F3NO3. The van der Waals surface area contributed by atoms with Gasteiger partial charge in [-0.25, -0.2) is 4.79 Å². The fourth-order valence-corrected chi connectivity index (χ4v) is 1.22. The molecule has 2 N–H and O–H groups in total. The van der Waals surface area contributed by atoms with Gasteiger partial charge < -0.3 is 15.2 Å². The maximum absolute atomic E-state index is 12.4. The molecule has 100 valence electrons. The van der Waals surface area contributed by atoms with Crippen LogP contribution in [0.4, 0.5) is 18.0 Å². The molecule has 0 heterocycles. The predicted molar refractivity (Wildman–Crippen MR) is 57.6 cm³/mol. The highest BCUT2D eigenvalue weighted by Crippen LogP contribution is 2.31. The Labute approximate surface area is 101 Å². The topological polar surface area (TPSA) is 58.6 Å². The predicted octanol–water partition coefficient (Wildman–Crippen LogP) is 2.74. The van der Waals surface area contributed by atoms with Gasteiger partial charge in [-0.05, 0) is 24.6 Å². The first kappa shape index (κ1) is 14.1. The Hall–Kier alpha value is -1.92. The fraction of sp³-hybridized carbons (Fsp3) is 0.364. The van der Waals surface area contributed by atoms with Crippen molar-refractivity contribution in [2.75, 3.05) is 13.2 Å². The molecule has 0 spiro atoms. The lowest BCUT2D eigenvalue weighted by molar-refractivity contribution is -0.137. The summed E-state index contributed by atoms with van der Waals surface area (Å²) in [6, 6.07) is 4.54. The van der Waals surface area contributed by atoms with Crippen molar-refractivity contribution < 1.29 is 27.8 Å². The van der Waals surface area contributed by atoms with Crippen molar-refractivity contribution in [1.82, 2.24) is 5.32 Å². The van der Waals surface area contributed by atoms with Crippen LogP contribution < -0.4 is 10.1 Å². The fourth-order valence-electron chi connectivity index (χ4n) is 1.22. The molecule has 0 radical (unpaired) electrons. The van der Waals surface area contributed by atoms with Crippen molar-refractivity contribution in [3.05, 3.63) is 29.8 Å². The Kier molecular flexibility index (Phi) is 4.82. The highest BCUT2D eigenvalue weighted by molar-refractivity contribution is 5.64. The van der Waals surface area contributed by atoms with E-state index in [0.717, 1.165) is 12.1 Å². The van der Waals surface area contributed by atoms with Gasteiger partial charge in [0.1, 0.15) is 5.75 Å². The third-order valence-electron chi connectivity index (χ3n) is 2.03. The lowest BCUT2D eigenvalue weighted by Crippen LogP contribution is -2.23. The first-order chi connectivity index (χ1) is 8.39. The molecule has 0 saturated heterocycles. The number of ether oxygens (including phenoxy) is 1. The van der Waals surface area contributed by atoms with Crippen LogP contribution in [0.15, 0.2) is 24.3 Å². The van der Waals surface area contributed by atoms with Crippen LogP contribution >= 0.6 is 0 Å². The summed E-state index contributed by atoms with van der Waals surface area (Å²) in [5, 5.41) is 10.4. The summed E-state index contributed by atoms with van der Waals surface area (Å²) < 4.78 is 42.2. The first-order valence-electron chi connectivity index (χ1n) is 5.16. The lowest BCUT2D eigenvalue weighted by atomic mass is 10.2. The van der Waals surface area contributed by atoms with Gasteiger partial charge in [-0.3, -0.25) is 0 Å². The zero-order valence-corrected chi connectivity index (χ0v) is 9.33. The molecule has 0 bridgehead atoms. The van der Waals surface area contributed by atoms with E-state index in [1.165, 1.54) is 12.1 Å². The summed E-state index contributed by atoms with van der Waals surface area (Å²) in [5.41, 5.74) is -0.774. The number of hydrogen-bond donors (Lipinski definition) is 2. The van der Waals surface area contributed by atoms with Gasteiger partial charge >= 0.3 is 12.3 Å². The minimum absolute atomic E-state index is 0.111. The van der Waals surface area contributed by atoms with Crippen molar-refractivity contribution in [3.63, 3.8) is 0 Å². The Bertz CT molecular complexity index is 407. The summed E-state index contributed by atoms with van der Waals surface area (Å²) in [4.78, 5) is 10.1. The number of carbonyl (C=O) groups is 1. The average Bonchev–Trinajstić information content (AvgIpc) is 2.27. The Morgan fingerprint density at radius 1 is 1.39 bits per heavy atom. The van der Waals surface area contributed by atoms with E-state index >= 15 is 0 Å². The molecular weight excluding hydrogens is 251 g/mol. The van der Waals surface area contributed by atoms with E-state index in [4.69, 9.17) is 9.84 Å². The molecule has 1 aromatic rings. The molecule has 0 atom stereocenters. The third-order valence-corrected chi connectivity index (χ3v) is 2.03. The molecule has 1 aromatic carbocycles. The van der Waals surface area contributed by atoms with Gasteiger partial charge in [0, 0.05) is 6.54 Å². The van der Waals surface area contributed by atoms with Crippen molar-refractivity contribution in [3.8, 4) is 5.75 Å². The number of nitrogens with one attached hydrogen (secondary N) is 1. The van der Waals surface area contributed by atoms with Crippen molar-refractivity contribution in [2.45, 2.75) is 12.6 Å². The SMILES string of the molecule is O=C(O)NCCCOc1cccc(C(F)(F)F)c1. The molecule has 0 saturated carbocycles. The molecule has 0 aromatic heterocycles. The first-order valence-corrected chi connectivity index (χ1v) is 5.16. The van der Waals surface area contributed by atoms with Crippen LogP contribution in [0.2, 0.25) is 0 Å². The third kappa shape index (κ3) is 4.94. The quantitative estimate of drug-likeness (QED) is 0.803. The van der Waals surface area contributed by atoms with Crippen LogP contribution in [0.3, 0.4) is 0 Å². The normalized spacial score (nSPS) is 11.1. The Morgan fingerprint density at radius 3 is 2.72 bits per heavy atom. The molecule has 18 heavy (non-hydrogen) atoms. The maximum atomic E-state index is 12.4. The maximum Gasteiger partial charge on any atom is 0.416 e. The minimum Gasteiger partial charge on any atom is -0.494 e. The number of rotatable bonds is 5. The lowest BCUT2D eigenvalue weighted by Gasteiger charge is -2.10. The smallest absolute Gasteiger partial charge is 0.416 e. The molecule has 4 nitrogen and oxygen atoms in total. The van der Waals surface area contributed by atoms with E-state index in [2.05, 4.69) is 5.32 Å². The number of benzene rings is 1. The average molecular weight is 263 g/mol. The van der Waals surface area contributed by atoms with Gasteiger partial charge in [0.25, 0.3) is 0 Å². The number of alkyl halides is 3. The number of hydrogen-bond acceptors (Lipinski definition) is 2. The summed E-state index contributed by atoms with van der Waals surface area (Å²) in [6.45, 7) is 0.329. The van der Waals surface area contributed by atoms with E-state index < -0.39 is 17.8 Å². The summed E-state index contributed by atoms with van der Waals surface area (Å²) in [7, 11) is 0. The van der Waals surface area contributed by atoms with Gasteiger partial charge in [-0.15, -0.1) is 0 Å². The van der Waals surface area contributed by atoms with E-state index in [0.29, 0.717) is 6.42 Å². The summed E-state index contributed by atoms with van der Waals surface area (Å²) in [5.74, 6) is 0.111. The molecule has 0 aliphatic rings. The number of halogens is 3. The minimum atomic E-state index is -4.40. The van der Waals surface area contributed by atoms with Crippen LogP contribution in [0.25, 0.3) is 0 Å². The Balaban J connectivity index is 2.41.